The molecule has 0 spiro atoms. The minimum absolute atomic E-state index is 0.0774. The van der Waals surface area contributed by atoms with Gasteiger partial charge < -0.3 is 9.67 Å². The van der Waals surface area contributed by atoms with Gasteiger partial charge in [-0.15, -0.1) is 0 Å². The summed E-state index contributed by atoms with van der Waals surface area (Å²) in [5.74, 6) is 0.933. The van der Waals surface area contributed by atoms with Crippen molar-refractivity contribution >= 4 is 0 Å². The summed E-state index contributed by atoms with van der Waals surface area (Å²) in [6, 6.07) is 0. The highest BCUT2D eigenvalue weighted by molar-refractivity contribution is 4.94. The summed E-state index contributed by atoms with van der Waals surface area (Å²) in [6.07, 6.45) is 3.93. The van der Waals surface area contributed by atoms with Crippen molar-refractivity contribution in [3.05, 3.63) is 18.2 Å². The van der Waals surface area contributed by atoms with Gasteiger partial charge in [0.2, 0.25) is 0 Å². The van der Waals surface area contributed by atoms with Crippen LogP contribution < -0.4 is 0 Å². The Morgan fingerprint density at radius 1 is 1.54 bits per heavy atom. The van der Waals surface area contributed by atoms with Crippen LogP contribution in [-0.4, -0.2) is 20.8 Å². The second-order valence-electron chi connectivity index (χ2n) is 4.54. The molecule has 0 aromatic carbocycles. The molecule has 0 amide bonds. The fraction of sp³-hybridized carbons (Fsp3) is 0.700. The number of imidazole rings is 1. The summed E-state index contributed by atoms with van der Waals surface area (Å²) in [4.78, 5) is 4.17. The molecule has 0 aliphatic heterocycles. The molecule has 0 aliphatic carbocycles. The minimum Gasteiger partial charge on any atom is -0.392 e. The van der Waals surface area contributed by atoms with Gasteiger partial charge in [0.15, 0.2) is 0 Å². The van der Waals surface area contributed by atoms with E-state index in [-0.39, 0.29) is 11.5 Å². The van der Waals surface area contributed by atoms with Crippen LogP contribution >= 0.6 is 0 Å². The van der Waals surface area contributed by atoms with Crippen molar-refractivity contribution in [1.29, 1.82) is 0 Å². The van der Waals surface area contributed by atoms with Gasteiger partial charge in [0.1, 0.15) is 5.82 Å². The first kappa shape index (κ1) is 10.3. The van der Waals surface area contributed by atoms with Gasteiger partial charge in [-0.25, -0.2) is 4.98 Å². The third-order valence-electron chi connectivity index (χ3n) is 2.30. The highest BCUT2D eigenvalue weighted by atomic mass is 16.3. The largest absolute Gasteiger partial charge is 0.392 e. The maximum atomic E-state index is 9.83. The van der Waals surface area contributed by atoms with Gasteiger partial charge in [-0.1, -0.05) is 20.8 Å². The molecule has 3 heteroatoms. The summed E-state index contributed by atoms with van der Waals surface area (Å²) in [5, 5.41) is 9.83. The lowest BCUT2D eigenvalue weighted by atomic mass is 9.87. The fourth-order valence-electron chi connectivity index (χ4n) is 1.07. The summed E-state index contributed by atoms with van der Waals surface area (Å²) in [7, 11) is 1.94. The Bertz CT molecular complexity index is 273. The van der Waals surface area contributed by atoms with Crippen LogP contribution in [0, 0.1) is 5.41 Å². The van der Waals surface area contributed by atoms with Crippen LogP contribution in [0.25, 0.3) is 0 Å². The van der Waals surface area contributed by atoms with Gasteiger partial charge in [0.05, 0.1) is 6.10 Å². The van der Waals surface area contributed by atoms with E-state index in [1.807, 2.05) is 38.6 Å². The molecule has 1 rings (SSSR count). The highest BCUT2D eigenvalue weighted by Gasteiger charge is 2.23. The first-order valence-electron chi connectivity index (χ1n) is 4.55. The summed E-state index contributed by atoms with van der Waals surface area (Å²) < 4.78 is 1.94. The molecule has 0 saturated carbocycles. The van der Waals surface area contributed by atoms with Gasteiger partial charge >= 0.3 is 0 Å². The van der Waals surface area contributed by atoms with E-state index in [0.29, 0.717) is 6.42 Å². The molecule has 74 valence electrons. The van der Waals surface area contributed by atoms with E-state index >= 15 is 0 Å². The summed E-state index contributed by atoms with van der Waals surface area (Å²) in [6.45, 7) is 6.09. The molecule has 13 heavy (non-hydrogen) atoms. The summed E-state index contributed by atoms with van der Waals surface area (Å²) in [5.41, 5.74) is -0.0774. The molecule has 0 radical (unpaired) electrons. The van der Waals surface area contributed by atoms with Crippen LogP contribution in [-0.2, 0) is 13.5 Å². The molecule has 1 heterocycles. The number of nitrogens with zero attached hydrogens (tertiary/aromatic N) is 2. The van der Waals surface area contributed by atoms with E-state index in [9.17, 15) is 5.11 Å². The van der Waals surface area contributed by atoms with Crippen LogP contribution in [0.1, 0.15) is 26.6 Å². The van der Waals surface area contributed by atoms with Crippen LogP contribution in [0.5, 0.6) is 0 Å². The molecular weight excluding hydrogens is 164 g/mol. The lowest BCUT2D eigenvalue weighted by Gasteiger charge is -2.25. The van der Waals surface area contributed by atoms with Gasteiger partial charge in [-0.3, -0.25) is 0 Å². The van der Waals surface area contributed by atoms with E-state index in [4.69, 9.17) is 0 Å². The second kappa shape index (κ2) is 3.50. The highest BCUT2D eigenvalue weighted by Crippen LogP contribution is 2.21. The van der Waals surface area contributed by atoms with Crippen molar-refractivity contribution in [2.45, 2.75) is 33.3 Å². The van der Waals surface area contributed by atoms with E-state index < -0.39 is 0 Å². The predicted octanol–water partition coefficient (Wildman–Crippen LogP) is 1.37. The van der Waals surface area contributed by atoms with Crippen molar-refractivity contribution in [2.24, 2.45) is 12.5 Å². The molecule has 0 fully saturated rings. The minimum atomic E-state index is -0.339. The molecule has 1 N–H and O–H groups in total. The predicted molar refractivity (Wildman–Crippen MR) is 52.4 cm³/mol. The number of hydrogen-bond donors (Lipinski definition) is 1. The fourth-order valence-corrected chi connectivity index (χ4v) is 1.07. The Labute approximate surface area is 79.4 Å². The molecule has 1 aromatic heterocycles. The zero-order valence-electron chi connectivity index (χ0n) is 8.78. The third kappa shape index (κ3) is 2.56. The maximum absolute atomic E-state index is 9.83. The van der Waals surface area contributed by atoms with E-state index in [1.54, 1.807) is 6.20 Å². The molecule has 0 aliphatic rings. The van der Waals surface area contributed by atoms with Crippen LogP contribution in [0.2, 0.25) is 0 Å². The Kier molecular flexibility index (Phi) is 2.76. The number of aryl methyl sites for hydroxylation is 1. The average Bonchev–Trinajstić information content (AvgIpc) is 2.34. The molecular formula is C10H18N2O. The summed E-state index contributed by atoms with van der Waals surface area (Å²) >= 11 is 0. The molecule has 1 atom stereocenters. The second-order valence-corrected chi connectivity index (χ2v) is 4.54. The molecule has 0 saturated heterocycles. The van der Waals surface area contributed by atoms with Crippen molar-refractivity contribution in [3.63, 3.8) is 0 Å². The van der Waals surface area contributed by atoms with Gasteiger partial charge in [-0.05, 0) is 5.41 Å². The Morgan fingerprint density at radius 3 is 2.54 bits per heavy atom. The Balaban J connectivity index is 2.65. The molecule has 1 unspecified atom stereocenters. The standard InChI is InChI=1S/C10H18N2O/c1-10(2,3)8(13)7-9-11-5-6-12(9)4/h5-6,8,13H,7H2,1-4H3. The van der Waals surface area contributed by atoms with E-state index in [0.717, 1.165) is 5.82 Å². The van der Waals surface area contributed by atoms with E-state index in [1.165, 1.54) is 0 Å². The third-order valence-corrected chi connectivity index (χ3v) is 2.30. The van der Waals surface area contributed by atoms with Crippen molar-refractivity contribution in [2.75, 3.05) is 0 Å². The normalized spacial score (nSPS) is 14.5. The monoisotopic (exact) mass is 182 g/mol. The first-order valence-corrected chi connectivity index (χ1v) is 4.55. The number of rotatable bonds is 2. The molecule has 1 aromatic rings. The maximum Gasteiger partial charge on any atom is 0.110 e. The quantitative estimate of drug-likeness (QED) is 0.750. The number of aliphatic hydroxyl groups is 1. The Hall–Kier alpha value is -0.830. The van der Waals surface area contributed by atoms with Crippen molar-refractivity contribution in [3.8, 4) is 0 Å². The number of hydrogen-bond acceptors (Lipinski definition) is 2. The van der Waals surface area contributed by atoms with Crippen molar-refractivity contribution in [1.82, 2.24) is 9.55 Å². The number of aliphatic hydroxyl groups excluding tert-OH is 1. The Morgan fingerprint density at radius 2 is 2.15 bits per heavy atom. The smallest absolute Gasteiger partial charge is 0.110 e. The SMILES string of the molecule is Cn1ccnc1CC(O)C(C)(C)C. The van der Waals surface area contributed by atoms with Crippen LogP contribution in [0.4, 0.5) is 0 Å². The van der Waals surface area contributed by atoms with E-state index in [2.05, 4.69) is 4.98 Å². The zero-order chi connectivity index (χ0) is 10.1. The lowest BCUT2D eigenvalue weighted by molar-refractivity contribution is 0.0613. The molecule has 0 bridgehead atoms. The average molecular weight is 182 g/mol. The number of aromatic nitrogens is 2. The van der Waals surface area contributed by atoms with Gasteiger partial charge in [-0.2, -0.15) is 0 Å². The van der Waals surface area contributed by atoms with Gasteiger partial charge in [0.25, 0.3) is 0 Å². The van der Waals surface area contributed by atoms with Crippen LogP contribution in [0.3, 0.4) is 0 Å². The first-order chi connectivity index (χ1) is 5.91. The van der Waals surface area contributed by atoms with Crippen LogP contribution in [0.15, 0.2) is 12.4 Å². The topological polar surface area (TPSA) is 38.0 Å². The van der Waals surface area contributed by atoms with Gasteiger partial charge in [0, 0.05) is 25.9 Å². The molecule has 3 nitrogen and oxygen atoms in total. The van der Waals surface area contributed by atoms with Crippen molar-refractivity contribution < 1.29 is 5.11 Å². The lowest BCUT2D eigenvalue weighted by Crippen LogP contribution is -2.29. The zero-order valence-corrected chi connectivity index (χ0v) is 8.78.